The third kappa shape index (κ3) is 5.35. The average molecular weight is 280 g/mol. The summed E-state index contributed by atoms with van der Waals surface area (Å²) in [6, 6.07) is 0. The summed E-state index contributed by atoms with van der Waals surface area (Å²) in [5.74, 6) is -2.82. The zero-order valence-corrected chi connectivity index (χ0v) is 10.2. The van der Waals surface area contributed by atoms with E-state index in [1.807, 2.05) is 0 Å². The second-order valence-corrected chi connectivity index (χ2v) is 2.98. The summed E-state index contributed by atoms with van der Waals surface area (Å²) in [4.78, 5) is 24.4. The van der Waals surface area contributed by atoms with Crippen LogP contribution in [-0.4, -0.2) is 41.8 Å². The number of carbonyl (C=O) groups is 2. The lowest BCUT2D eigenvalue weighted by molar-refractivity contribution is -0.142. The molecule has 0 radical (unpaired) electrons. The van der Waals surface area contributed by atoms with E-state index in [-0.39, 0.29) is 19.3 Å². The summed E-state index contributed by atoms with van der Waals surface area (Å²) < 4.78 is 46.6. The Kier molecular flexibility index (Phi) is 6.49. The number of carbonyl (C=O) groups excluding carboxylic acids is 2. The first-order valence-corrected chi connectivity index (χ1v) is 5.13. The van der Waals surface area contributed by atoms with Crippen molar-refractivity contribution in [3.63, 3.8) is 0 Å². The van der Waals surface area contributed by atoms with E-state index < -0.39 is 29.4 Å². The number of hydrogen-bond donors (Lipinski definition) is 0. The predicted octanol–water partition coefficient (Wildman–Crippen LogP) is 1.27. The normalized spacial score (nSPS) is 11.5. The molecule has 0 saturated heterocycles. The van der Waals surface area contributed by atoms with E-state index >= 15 is 0 Å². The van der Waals surface area contributed by atoms with Crippen molar-refractivity contribution < 1.29 is 37.0 Å². The van der Waals surface area contributed by atoms with E-state index in [0.717, 1.165) is 0 Å². The van der Waals surface area contributed by atoms with E-state index in [4.69, 9.17) is 5.53 Å². The fourth-order valence-electron chi connectivity index (χ4n) is 0.990. The van der Waals surface area contributed by atoms with Crippen molar-refractivity contribution in [2.75, 3.05) is 13.2 Å². The summed E-state index contributed by atoms with van der Waals surface area (Å²) in [7, 11) is 0. The molecule has 0 aromatic carbocycles. The van der Waals surface area contributed by atoms with Crippen LogP contribution in [0.15, 0.2) is 11.6 Å². The molecule has 0 fully saturated rings. The minimum atomic E-state index is -5.08. The summed E-state index contributed by atoms with van der Waals surface area (Å²) in [6.45, 7) is 2.38. The zero-order chi connectivity index (χ0) is 15.1. The van der Waals surface area contributed by atoms with Crippen LogP contribution in [0.5, 0.6) is 0 Å². The molecule has 9 heteroatoms. The largest absolute Gasteiger partial charge is 0.463 e. The van der Waals surface area contributed by atoms with Gasteiger partial charge in [-0.2, -0.15) is 18.0 Å². The predicted molar refractivity (Wildman–Crippen MR) is 56.0 cm³/mol. The Balaban J connectivity index is 5.55. The molecular formula is C10H11F3N2O4. The monoisotopic (exact) mass is 280 g/mol. The maximum absolute atomic E-state index is 12.7. The fourth-order valence-corrected chi connectivity index (χ4v) is 0.990. The van der Waals surface area contributed by atoms with Gasteiger partial charge >= 0.3 is 23.8 Å². The highest BCUT2D eigenvalue weighted by Crippen LogP contribution is 2.26. The van der Waals surface area contributed by atoms with Gasteiger partial charge in [0.15, 0.2) is 5.57 Å². The standard InChI is InChI=1S/C10H11F3N2O4/c1-3-18-7(16)5-6(10(11,12)13)8(15-14)9(17)19-4-2/h5H,3-4H2,1-2H3. The van der Waals surface area contributed by atoms with Crippen LogP contribution in [0.1, 0.15) is 13.8 Å². The fraction of sp³-hybridized carbons (Fsp3) is 0.500. The lowest BCUT2D eigenvalue weighted by Gasteiger charge is -2.07. The van der Waals surface area contributed by atoms with Gasteiger partial charge < -0.3 is 15.0 Å². The summed E-state index contributed by atoms with van der Waals surface area (Å²) in [6.07, 6.45) is -5.06. The molecule has 0 heterocycles. The Morgan fingerprint density at radius 2 is 1.74 bits per heavy atom. The molecule has 106 valence electrons. The molecule has 0 spiro atoms. The van der Waals surface area contributed by atoms with E-state index in [9.17, 15) is 22.8 Å². The maximum atomic E-state index is 12.7. The number of nitrogens with zero attached hydrogens (tertiary/aromatic N) is 2. The van der Waals surface area contributed by atoms with Crippen molar-refractivity contribution in [2.45, 2.75) is 20.0 Å². The first-order valence-electron chi connectivity index (χ1n) is 5.13. The maximum Gasteiger partial charge on any atom is 0.424 e. The van der Waals surface area contributed by atoms with Crippen LogP contribution in [0.4, 0.5) is 13.2 Å². The molecule has 0 aliphatic carbocycles. The van der Waals surface area contributed by atoms with Crippen molar-refractivity contribution in [3.8, 4) is 0 Å². The van der Waals surface area contributed by atoms with Gasteiger partial charge in [-0.3, -0.25) is 0 Å². The van der Waals surface area contributed by atoms with Gasteiger partial charge in [0.1, 0.15) is 0 Å². The Labute approximate surface area is 106 Å². The summed E-state index contributed by atoms with van der Waals surface area (Å²) in [5, 5.41) is 0. The second-order valence-electron chi connectivity index (χ2n) is 2.98. The van der Waals surface area contributed by atoms with Gasteiger partial charge in [0.05, 0.1) is 13.2 Å². The molecule has 6 nitrogen and oxygen atoms in total. The van der Waals surface area contributed by atoms with Gasteiger partial charge in [-0.15, -0.1) is 0 Å². The molecule has 0 atom stereocenters. The minimum Gasteiger partial charge on any atom is -0.463 e. The zero-order valence-electron chi connectivity index (χ0n) is 10.2. The van der Waals surface area contributed by atoms with E-state index in [1.54, 1.807) is 0 Å². The van der Waals surface area contributed by atoms with Crippen molar-refractivity contribution in [1.29, 1.82) is 0 Å². The van der Waals surface area contributed by atoms with Gasteiger partial charge in [-0.25, -0.2) is 9.59 Å². The number of alkyl halides is 3. The number of ether oxygens (including phenoxy) is 2. The molecule has 0 unspecified atom stereocenters. The molecule has 0 N–H and O–H groups in total. The number of hydrogen-bond acceptors (Lipinski definition) is 4. The van der Waals surface area contributed by atoms with E-state index in [2.05, 4.69) is 14.3 Å². The number of esters is 2. The molecule has 0 rings (SSSR count). The second kappa shape index (κ2) is 7.32. The summed E-state index contributed by atoms with van der Waals surface area (Å²) >= 11 is 0. The SMILES string of the molecule is CCOC(=O)C=C(C(=[N+]=[N-])C(=O)OCC)C(F)(F)F. The van der Waals surface area contributed by atoms with Crippen LogP contribution in [0.25, 0.3) is 5.53 Å². The Morgan fingerprint density at radius 3 is 2.11 bits per heavy atom. The highest BCUT2D eigenvalue weighted by molar-refractivity contribution is 6.41. The van der Waals surface area contributed by atoms with Crippen LogP contribution in [0.2, 0.25) is 0 Å². The molecule has 0 bridgehead atoms. The van der Waals surface area contributed by atoms with E-state index in [0.29, 0.717) is 0 Å². The van der Waals surface area contributed by atoms with Gasteiger partial charge in [0, 0.05) is 6.08 Å². The van der Waals surface area contributed by atoms with Crippen molar-refractivity contribution in [3.05, 3.63) is 17.2 Å². The molecule has 0 amide bonds. The average Bonchev–Trinajstić information content (AvgIpc) is 2.28. The van der Waals surface area contributed by atoms with Gasteiger partial charge in [-0.1, -0.05) is 0 Å². The van der Waals surface area contributed by atoms with Crippen LogP contribution in [-0.2, 0) is 19.1 Å². The van der Waals surface area contributed by atoms with Crippen LogP contribution in [0, 0.1) is 0 Å². The number of halogens is 3. The lowest BCUT2D eigenvalue weighted by Crippen LogP contribution is -2.30. The molecule has 0 aromatic heterocycles. The molecular weight excluding hydrogens is 269 g/mol. The van der Waals surface area contributed by atoms with Gasteiger partial charge in [0.2, 0.25) is 0 Å². The van der Waals surface area contributed by atoms with Crippen molar-refractivity contribution in [1.82, 2.24) is 0 Å². The lowest BCUT2D eigenvalue weighted by atomic mass is 10.1. The Hall–Kier alpha value is -2.15. The smallest absolute Gasteiger partial charge is 0.424 e. The van der Waals surface area contributed by atoms with Crippen molar-refractivity contribution in [2.24, 2.45) is 0 Å². The topological polar surface area (TPSA) is 89.0 Å². The minimum absolute atomic E-state index is 0.0233. The van der Waals surface area contributed by atoms with Gasteiger partial charge in [-0.05, 0) is 13.8 Å². The van der Waals surface area contributed by atoms with Crippen LogP contribution in [0.3, 0.4) is 0 Å². The van der Waals surface area contributed by atoms with Gasteiger partial charge in [0.25, 0.3) is 0 Å². The highest BCUT2D eigenvalue weighted by atomic mass is 19.4. The third-order valence-electron chi connectivity index (χ3n) is 1.68. The summed E-state index contributed by atoms with van der Waals surface area (Å²) in [5.41, 5.74) is 5.34. The molecule has 0 saturated carbocycles. The quantitative estimate of drug-likeness (QED) is 0.249. The van der Waals surface area contributed by atoms with Crippen LogP contribution >= 0.6 is 0 Å². The molecule has 0 aliphatic heterocycles. The first-order chi connectivity index (χ1) is 8.77. The third-order valence-corrected chi connectivity index (χ3v) is 1.68. The number of rotatable bonds is 5. The molecule has 19 heavy (non-hydrogen) atoms. The Bertz CT molecular complexity index is 437. The molecule has 0 aromatic rings. The molecule has 0 aliphatic rings. The van der Waals surface area contributed by atoms with Crippen LogP contribution < -0.4 is 0 Å². The van der Waals surface area contributed by atoms with E-state index in [1.165, 1.54) is 13.8 Å². The highest BCUT2D eigenvalue weighted by Gasteiger charge is 2.46. The first kappa shape index (κ1) is 16.9. The van der Waals surface area contributed by atoms with Crippen molar-refractivity contribution >= 4 is 17.7 Å². The Morgan fingerprint density at radius 1 is 1.21 bits per heavy atom.